The molecule has 7 nitrogen and oxygen atoms in total. The molecule has 1 N–H and O–H groups in total. The fourth-order valence-electron chi connectivity index (χ4n) is 2.81. The molecule has 1 fully saturated rings. The number of carbonyl (C=O) groups excluding carboxylic acids is 3. The lowest BCUT2D eigenvalue weighted by Gasteiger charge is -2.29. The maximum absolute atomic E-state index is 13.1. The van der Waals surface area contributed by atoms with Gasteiger partial charge in [-0.15, -0.1) is 0 Å². The van der Waals surface area contributed by atoms with Crippen molar-refractivity contribution in [2.45, 2.75) is 20.0 Å². The minimum absolute atomic E-state index is 0.0988. The first kappa shape index (κ1) is 23.7. The average Bonchev–Trinajstić information content (AvgIpc) is 2.73. The van der Waals surface area contributed by atoms with Crippen LogP contribution in [0.25, 0.3) is 6.08 Å². The summed E-state index contributed by atoms with van der Waals surface area (Å²) in [5.74, 6) is -1.32. The monoisotopic (exact) mass is 492 g/mol. The topological polar surface area (TPSA) is 84.9 Å². The Balaban J connectivity index is 1.80. The van der Waals surface area contributed by atoms with Gasteiger partial charge in [0.1, 0.15) is 11.3 Å². The molecule has 1 heterocycles. The molecule has 2 amide bonds. The number of carbonyl (C=O) groups is 3. The lowest BCUT2D eigenvalue weighted by atomic mass is 10.1. The van der Waals surface area contributed by atoms with Crippen molar-refractivity contribution in [2.75, 3.05) is 11.5 Å². The molecule has 0 aliphatic carbocycles. The summed E-state index contributed by atoms with van der Waals surface area (Å²) >= 11 is 17.5. The van der Waals surface area contributed by atoms with Crippen molar-refractivity contribution >= 4 is 70.1 Å². The van der Waals surface area contributed by atoms with Gasteiger partial charge in [-0.2, -0.15) is 0 Å². The SMILES string of the molecule is CC(C)OC(=O)COc1ccc(/C=C2\C(=O)NC(=S)N(c3cccc(Cl)c3Cl)C2=O)cc1. The summed E-state index contributed by atoms with van der Waals surface area (Å²) in [6.07, 6.45) is 1.19. The Morgan fingerprint density at radius 3 is 2.50 bits per heavy atom. The van der Waals surface area contributed by atoms with Crippen LogP contribution in [-0.2, 0) is 19.1 Å². The maximum atomic E-state index is 13.1. The van der Waals surface area contributed by atoms with Crippen molar-refractivity contribution in [3.63, 3.8) is 0 Å². The van der Waals surface area contributed by atoms with E-state index in [1.54, 1.807) is 56.3 Å². The first-order chi connectivity index (χ1) is 15.2. The zero-order valence-electron chi connectivity index (χ0n) is 17.1. The Hall–Kier alpha value is -2.94. The predicted octanol–water partition coefficient (Wildman–Crippen LogP) is 4.16. The van der Waals surface area contributed by atoms with Gasteiger partial charge in [-0.1, -0.05) is 41.4 Å². The number of ether oxygens (including phenoxy) is 2. The van der Waals surface area contributed by atoms with Crippen LogP contribution in [0.1, 0.15) is 19.4 Å². The number of esters is 1. The van der Waals surface area contributed by atoms with E-state index < -0.39 is 17.8 Å². The lowest BCUT2D eigenvalue weighted by molar-refractivity contribution is -0.149. The fraction of sp³-hybridized carbons (Fsp3) is 0.182. The molecule has 0 atom stereocenters. The molecule has 2 aromatic rings. The van der Waals surface area contributed by atoms with Crippen molar-refractivity contribution < 1.29 is 23.9 Å². The largest absolute Gasteiger partial charge is 0.482 e. The number of thiocarbonyl (C=S) groups is 1. The zero-order valence-corrected chi connectivity index (χ0v) is 19.4. The summed E-state index contributed by atoms with van der Waals surface area (Å²) in [6.45, 7) is 3.26. The van der Waals surface area contributed by atoms with Gasteiger partial charge in [0.25, 0.3) is 11.8 Å². The molecule has 0 aromatic heterocycles. The van der Waals surface area contributed by atoms with Crippen molar-refractivity contribution in [3.8, 4) is 5.75 Å². The summed E-state index contributed by atoms with van der Waals surface area (Å²) in [5, 5.41) is 2.77. The first-order valence-corrected chi connectivity index (χ1v) is 10.6. The number of nitrogens with zero attached hydrogens (tertiary/aromatic N) is 1. The average molecular weight is 493 g/mol. The van der Waals surface area contributed by atoms with Crippen LogP contribution in [0.2, 0.25) is 10.0 Å². The van der Waals surface area contributed by atoms with E-state index >= 15 is 0 Å². The predicted molar refractivity (Wildman–Crippen MR) is 126 cm³/mol. The molecule has 3 rings (SSSR count). The minimum atomic E-state index is -0.639. The lowest BCUT2D eigenvalue weighted by Crippen LogP contribution is -2.54. The van der Waals surface area contributed by atoms with Crippen LogP contribution in [0.15, 0.2) is 48.0 Å². The van der Waals surface area contributed by atoms with Gasteiger partial charge in [0.2, 0.25) is 0 Å². The van der Waals surface area contributed by atoms with E-state index in [9.17, 15) is 14.4 Å². The standard InChI is InChI=1S/C22H18Cl2N2O5S/c1-12(2)31-18(27)11-30-14-8-6-13(7-9-14)10-15-20(28)25-22(32)26(21(15)29)17-5-3-4-16(23)19(17)24/h3-10,12H,11H2,1-2H3,(H,25,28,32)/b15-10+. The number of amides is 2. The smallest absolute Gasteiger partial charge is 0.344 e. The Morgan fingerprint density at radius 1 is 1.16 bits per heavy atom. The summed E-state index contributed by atoms with van der Waals surface area (Å²) < 4.78 is 10.4. The van der Waals surface area contributed by atoms with E-state index in [-0.39, 0.29) is 39.1 Å². The van der Waals surface area contributed by atoms with E-state index in [1.807, 2.05) is 0 Å². The van der Waals surface area contributed by atoms with Crippen LogP contribution in [0.5, 0.6) is 5.75 Å². The molecule has 0 unspecified atom stereocenters. The Morgan fingerprint density at radius 2 is 1.84 bits per heavy atom. The van der Waals surface area contributed by atoms with Crippen molar-refractivity contribution in [1.29, 1.82) is 0 Å². The van der Waals surface area contributed by atoms with Crippen molar-refractivity contribution in [2.24, 2.45) is 0 Å². The number of nitrogens with one attached hydrogen (secondary N) is 1. The molecule has 0 spiro atoms. The second-order valence-corrected chi connectivity index (χ2v) is 8.10. The molecule has 2 aromatic carbocycles. The van der Waals surface area contributed by atoms with Gasteiger partial charge < -0.3 is 9.47 Å². The van der Waals surface area contributed by atoms with Crippen LogP contribution in [0, 0.1) is 0 Å². The van der Waals surface area contributed by atoms with E-state index in [1.165, 1.54) is 6.08 Å². The molecule has 0 radical (unpaired) electrons. The van der Waals surface area contributed by atoms with Crippen LogP contribution in [-0.4, -0.2) is 35.6 Å². The van der Waals surface area contributed by atoms with Gasteiger partial charge >= 0.3 is 5.97 Å². The third kappa shape index (κ3) is 5.45. The van der Waals surface area contributed by atoms with Crippen LogP contribution < -0.4 is 15.0 Å². The number of hydrogen-bond donors (Lipinski definition) is 1. The second kappa shape index (κ2) is 10.1. The number of halogens is 2. The molecular formula is C22H18Cl2N2O5S. The van der Waals surface area contributed by atoms with Gasteiger partial charge in [-0.3, -0.25) is 19.8 Å². The van der Waals surface area contributed by atoms with E-state index in [0.717, 1.165) is 4.90 Å². The maximum Gasteiger partial charge on any atom is 0.344 e. The Bertz CT molecular complexity index is 1120. The van der Waals surface area contributed by atoms with Crippen LogP contribution >= 0.6 is 35.4 Å². The molecule has 1 aliphatic heterocycles. The molecule has 1 aliphatic rings. The highest BCUT2D eigenvalue weighted by Crippen LogP contribution is 2.34. The molecule has 166 valence electrons. The van der Waals surface area contributed by atoms with E-state index in [4.69, 9.17) is 44.9 Å². The van der Waals surface area contributed by atoms with Crippen molar-refractivity contribution in [3.05, 3.63) is 63.6 Å². The van der Waals surface area contributed by atoms with Gasteiger partial charge in [0.05, 0.1) is 21.8 Å². The highest BCUT2D eigenvalue weighted by atomic mass is 35.5. The van der Waals surface area contributed by atoms with E-state index in [0.29, 0.717) is 11.3 Å². The van der Waals surface area contributed by atoms with Gasteiger partial charge in [-0.05, 0) is 62.0 Å². The molecule has 1 saturated heterocycles. The minimum Gasteiger partial charge on any atom is -0.482 e. The van der Waals surface area contributed by atoms with Gasteiger partial charge in [-0.25, -0.2) is 4.79 Å². The molecular weight excluding hydrogens is 475 g/mol. The molecule has 32 heavy (non-hydrogen) atoms. The summed E-state index contributed by atoms with van der Waals surface area (Å²) in [5.41, 5.74) is 0.687. The Labute approximate surface area is 199 Å². The summed E-state index contributed by atoms with van der Waals surface area (Å²) in [7, 11) is 0. The number of benzene rings is 2. The number of hydrogen-bond acceptors (Lipinski definition) is 6. The summed E-state index contributed by atoms with van der Waals surface area (Å²) in [4.78, 5) is 38.2. The van der Waals surface area contributed by atoms with Gasteiger partial charge in [0, 0.05) is 0 Å². The molecule has 10 heteroatoms. The van der Waals surface area contributed by atoms with Crippen molar-refractivity contribution in [1.82, 2.24) is 5.32 Å². The number of rotatable bonds is 6. The Kier molecular flexibility index (Phi) is 7.50. The highest BCUT2D eigenvalue weighted by Gasteiger charge is 2.35. The first-order valence-electron chi connectivity index (χ1n) is 9.45. The zero-order chi connectivity index (χ0) is 23.4. The van der Waals surface area contributed by atoms with Crippen LogP contribution in [0.3, 0.4) is 0 Å². The third-order valence-electron chi connectivity index (χ3n) is 4.19. The molecule has 0 saturated carbocycles. The summed E-state index contributed by atoms with van der Waals surface area (Å²) in [6, 6.07) is 11.3. The normalized spacial score (nSPS) is 15.2. The van der Waals surface area contributed by atoms with Crippen LogP contribution in [0.4, 0.5) is 5.69 Å². The molecule has 0 bridgehead atoms. The van der Waals surface area contributed by atoms with Gasteiger partial charge in [0.15, 0.2) is 11.7 Å². The van der Waals surface area contributed by atoms with E-state index in [2.05, 4.69) is 5.32 Å². The quantitative estimate of drug-likeness (QED) is 0.282. The third-order valence-corrected chi connectivity index (χ3v) is 5.28. The fourth-order valence-corrected chi connectivity index (χ4v) is 3.46. The number of anilines is 1. The second-order valence-electron chi connectivity index (χ2n) is 6.93. The highest BCUT2D eigenvalue weighted by molar-refractivity contribution is 7.80.